The number of methoxy groups -OCH3 is 1. The number of nitrogens with one attached hydrogen (secondary N) is 2. The van der Waals surface area contributed by atoms with Crippen molar-refractivity contribution in [1.82, 2.24) is 10.6 Å². The van der Waals surface area contributed by atoms with Gasteiger partial charge in [0.25, 0.3) is 0 Å². The van der Waals surface area contributed by atoms with E-state index in [2.05, 4.69) is 10.6 Å². The molecule has 23 heavy (non-hydrogen) atoms. The van der Waals surface area contributed by atoms with Crippen molar-refractivity contribution in [2.24, 2.45) is 0 Å². The van der Waals surface area contributed by atoms with E-state index in [-0.39, 0.29) is 12.1 Å². The molecule has 0 saturated heterocycles. The minimum Gasteiger partial charge on any atom is -0.496 e. The van der Waals surface area contributed by atoms with E-state index in [1.165, 1.54) is 24.5 Å². The van der Waals surface area contributed by atoms with E-state index < -0.39 is 24.0 Å². The van der Waals surface area contributed by atoms with E-state index in [1.807, 2.05) is 11.4 Å². The standard InChI is InChI=1S/C16H19FN2O3S/c1-10(15-11(17)5-3-6-13(15)22-2)19-16(21)18-9-12(20)14-7-4-8-23-14/h3-8,10,12,20H,9H2,1-2H3,(H2,18,19,21)/t10-,12-/m1/s1. The second kappa shape index (κ2) is 7.94. The number of thiophene rings is 1. The highest BCUT2D eigenvalue weighted by molar-refractivity contribution is 7.10. The third-order valence-corrected chi connectivity index (χ3v) is 4.31. The lowest BCUT2D eigenvalue weighted by Crippen LogP contribution is -2.39. The van der Waals surface area contributed by atoms with Gasteiger partial charge in [0.05, 0.1) is 25.3 Å². The summed E-state index contributed by atoms with van der Waals surface area (Å²) in [4.78, 5) is 12.7. The average molecular weight is 338 g/mol. The van der Waals surface area contributed by atoms with Gasteiger partial charge in [-0.15, -0.1) is 11.3 Å². The highest BCUT2D eigenvalue weighted by Gasteiger charge is 2.19. The van der Waals surface area contributed by atoms with E-state index in [1.54, 1.807) is 25.1 Å². The van der Waals surface area contributed by atoms with E-state index in [9.17, 15) is 14.3 Å². The Morgan fingerprint density at radius 2 is 2.17 bits per heavy atom. The predicted octanol–water partition coefficient (Wildman–Crippen LogP) is 2.99. The fourth-order valence-electron chi connectivity index (χ4n) is 2.21. The fraction of sp³-hybridized carbons (Fsp3) is 0.312. The number of aliphatic hydroxyl groups excluding tert-OH is 1. The number of rotatable bonds is 6. The lowest BCUT2D eigenvalue weighted by molar-refractivity contribution is 0.176. The zero-order chi connectivity index (χ0) is 16.8. The first kappa shape index (κ1) is 17.2. The number of halogens is 1. The molecule has 0 unspecified atom stereocenters. The summed E-state index contributed by atoms with van der Waals surface area (Å²) < 4.78 is 19.1. The zero-order valence-electron chi connectivity index (χ0n) is 12.9. The van der Waals surface area contributed by atoms with Crippen molar-refractivity contribution < 1.29 is 19.0 Å². The van der Waals surface area contributed by atoms with E-state index in [4.69, 9.17) is 4.74 Å². The van der Waals surface area contributed by atoms with Gasteiger partial charge < -0.3 is 20.5 Å². The van der Waals surface area contributed by atoms with Crippen molar-refractivity contribution in [2.45, 2.75) is 19.1 Å². The number of carbonyl (C=O) groups is 1. The van der Waals surface area contributed by atoms with Gasteiger partial charge in [0.15, 0.2) is 0 Å². The summed E-state index contributed by atoms with van der Waals surface area (Å²) in [5, 5.41) is 17.0. The van der Waals surface area contributed by atoms with Gasteiger partial charge in [-0.2, -0.15) is 0 Å². The van der Waals surface area contributed by atoms with Gasteiger partial charge in [0, 0.05) is 4.88 Å². The third kappa shape index (κ3) is 4.43. The Morgan fingerprint density at radius 1 is 1.39 bits per heavy atom. The van der Waals surface area contributed by atoms with Crippen molar-refractivity contribution in [1.29, 1.82) is 0 Å². The molecule has 0 bridgehead atoms. The minimum atomic E-state index is -0.765. The van der Waals surface area contributed by atoms with Crippen LogP contribution in [-0.2, 0) is 0 Å². The molecule has 3 N–H and O–H groups in total. The van der Waals surface area contributed by atoms with Gasteiger partial charge in [0.2, 0.25) is 0 Å². The topological polar surface area (TPSA) is 70.6 Å². The molecule has 2 aromatic rings. The molecule has 2 atom stereocenters. The Hall–Kier alpha value is -2.12. The molecule has 124 valence electrons. The minimum absolute atomic E-state index is 0.0769. The van der Waals surface area contributed by atoms with Crippen molar-refractivity contribution in [3.05, 3.63) is 52.0 Å². The first-order valence-electron chi connectivity index (χ1n) is 7.11. The van der Waals surface area contributed by atoms with Gasteiger partial charge in [-0.05, 0) is 30.5 Å². The number of hydrogen-bond donors (Lipinski definition) is 3. The number of urea groups is 1. The molecular weight excluding hydrogens is 319 g/mol. The van der Waals surface area contributed by atoms with Crippen molar-refractivity contribution in [3.8, 4) is 5.75 Å². The molecule has 1 aromatic heterocycles. The molecule has 0 spiro atoms. The van der Waals surface area contributed by atoms with Crippen LogP contribution in [0.3, 0.4) is 0 Å². The van der Waals surface area contributed by atoms with Crippen LogP contribution in [-0.4, -0.2) is 24.8 Å². The summed E-state index contributed by atoms with van der Waals surface area (Å²) in [6, 6.07) is 7.05. The quantitative estimate of drug-likeness (QED) is 0.758. The predicted molar refractivity (Wildman–Crippen MR) is 87.2 cm³/mol. The number of aliphatic hydroxyl groups is 1. The van der Waals surface area contributed by atoms with Crippen LogP contribution < -0.4 is 15.4 Å². The number of carbonyl (C=O) groups excluding carboxylic acids is 1. The summed E-state index contributed by atoms with van der Waals surface area (Å²) in [5.74, 6) is -0.0767. The monoisotopic (exact) mass is 338 g/mol. The van der Waals surface area contributed by atoms with Gasteiger partial charge in [-0.1, -0.05) is 12.1 Å². The fourth-order valence-corrected chi connectivity index (χ4v) is 2.92. The first-order valence-corrected chi connectivity index (χ1v) is 7.99. The number of benzene rings is 1. The Bertz CT molecular complexity index is 649. The van der Waals surface area contributed by atoms with Crippen molar-refractivity contribution in [2.75, 3.05) is 13.7 Å². The van der Waals surface area contributed by atoms with Gasteiger partial charge >= 0.3 is 6.03 Å². The van der Waals surface area contributed by atoms with Crippen LogP contribution in [0.4, 0.5) is 9.18 Å². The van der Waals surface area contributed by atoms with E-state index in [0.717, 1.165) is 4.88 Å². The second-order valence-corrected chi connectivity index (χ2v) is 5.94. The lowest BCUT2D eigenvalue weighted by Gasteiger charge is -2.19. The Labute approximate surface area is 138 Å². The molecule has 0 aliphatic carbocycles. The zero-order valence-corrected chi connectivity index (χ0v) is 13.7. The summed E-state index contributed by atoms with van der Waals surface area (Å²) in [6.07, 6.45) is -0.765. The Balaban J connectivity index is 1.92. The highest BCUT2D eigenvalue weighted by Crippen LogP contribution is 2.27. The number of amides is 2. The molecule has 0 aliphatic heterocycles. The Kier molecular flexibility index (Phi) is 5.95. The largest absolute Gasteiger partial charge is 0.496 e. The summed E-state index contributed by atoms with van der Waals surface area (Å²) >= 11 is 1.41. The van der Waals surface area contributed by atoms with Crippen molar-refractivity contribution in [3.63, 3.8) is 0 Å². The van der Waals surface area contributed by atoms with E-state index in [0.29, 0.717) is 5.75 Å². The van der Waals surface area contributed by atoms with Crippen LogP contribution in [0, 0.1) is 5.82 Å². The van der Waals surface area contributed by atoms with Crippen LogP contribution in [0.1, 0.15) is 29.5 Å². The first-order chi connectivity index (χ1) is 11.0. The Morgan fingerprint density at radius 3 is 2.83 bits per heavy atom. The normalized spacial score (nSPS) is 13.2. The summed E-state index contributed by atoms with van der Waals surface area (Å²) in [5.41, 5.74) is 0.281. The molecule has 2 amide bonds. The number of hydrogen-bond acceptors (Lipinski definition) is 4. The molecule has 5 nitrogen and oxygen atoms in total. The highest BCUT2D eigenvalue weighted by atomic mass is 32.1. The molecular formula is C16H19FN2O3S. The van der Waals surface area contributed by atoms with Crippen LogP contribution in [0.15, 0.2) is 35.7 Å². The molecule has 2 rings (SSSR count). The smallest absolute Gasteiger partial charge is 0.315 e. The second-order valence-electron chi connectivity index (χ2n) is 4.96. The average Bonchev–Trinajstić information content (AvgIpc) is 3.06. The van der Waals surface area contributed by atoms with Crippen LogP contribution >= 0.6 is 11.3 Å². The molecule has 7 heteroatoms. The molecule has 0 saturated carbocycles. The van der Waals surface area contributed by atoms with Gasteiger partial charge in [0.1, 0.15) is 17.7 Å². The maximum atomic E-state index is 13.9. The third-order valence-electron chi connectivity index (χ3n) is 3.34. The SMILES string of the molecule is COc1cccc(F)c1[C@@H](C)NC(=O)NC[C@@H](O)c1cccs1. The van der Waals surface area contributed by atoms with Crippen LogP contribution in [0.2, 0.25) is 0 Å². The molecule has 0 radical (unpaired) electrons. The van der Waals surface area contributed by atoms with Gasteiger partial charge in [-0.3, -0.25) is 0 Å². The van der Waals surface area contributed by atoms with Crippen LogP contribution in [0.25, 0.3) is 0 Å². The maximum Gasteiger partial charge on any atom is 0.315 e. The lowest BCUT2D eigenvalue weighted by atomic mass is 10.1. The molecule has 0 aliphatic rings. The number of ether oxygens (including phenoxy) is 1. The summed E-state index contributed by atoms with van der Waals surface area (Å²) in [7, 11) is 1.45. The van der Waals surface area contributed by atoms with E-state index >= 15 is 0 Å². The molecule has 0 fully saturated rings. The van der Waals surface area contributed by atoms with Gasteiger partial charge in [-0.25, -0.2) is 9.18 Å². The van der Waals surface area contributed by atoms with Crippen molar-refractivity contribution >= 4 is 17.4 Å². The summed E-state index contributed by atoms with van der Waals surface area (Å²) in [6.45, 7) is 1.74. The maximum absolute atomic E-state index is 13.9. The van der Waals surface area contributed by atoms with Crippen LogP contribution in [0.5, 0.6) is 5.75 Å². The molecule has 1 heterocycles. The molecule has 1 aromatic carbocycles.